The first-order valence-corrected chi connectivity index (χ1v) is 6.85. The molecule has 0 aromatic carbocycles. The van der Waals surface area contributed by atoms with Crippen LogP contribution in [-0.4, -0.2) is 25.3 Å². The fraction of sp³-hybridized carbons (Fsp3) is 0.533. The Kier molecular flexibility index (Phi) is 3.90. The number of hydrogen-bond donors (Lipinski definition) is 1. The summed E-state index contributed by atoms with van der Waals surface area (Å²) in [5.74, 6) is 0.695. The van der Waals surface area contributed by atoms with Crippen molar-refractivity contribution in [1.82, 2.24) is 25.1 Å². The van der Waals surface area contributed by atoms with Crippen molar-refractivity contribution in [3.05, 3.63) is 29.2 Å². The van der Waals surface area contributed by atoms with E-state index in [1.165, 1.54) is 5.56 Å². The zero-order valence-electron chi connectivity index (χ0n) is 13.2. The van der Waals surface area contributed by atoms with E-state index in [9.17, 15) is 0 Å². The Hall–Kier alpha value is -1.75. The van der Waals surface area contributed by atoms with E-state index >= 15 is 0 Å². The van der Waals surface area contributed by atoms with Crippen molar-refractivity contribution in [2.24, 2.45) is 7.05 Å². The highest BCUT2D eigenvalue weighted by atomic mass is 15.3. The van der Waals surface area contributed by atoms with Crippen LogP contribution in [0.2, 0.25) is 0 Å². The standard InChI is InChI=1S/C15H23N5/c1-10-12(9-16-15(3,4)5)11(2)18-14(17-10)13-7-8-20(6)19-13/h7-8,16H,9H2,1-6H3. The molecule has 2 aromatic rings. The second kappa shape index (κ2) is 5.32. The van der Waals surface area contributed by atoms with E-state index in [-0.39, 0.29) is 5.54 Å². The molecular weight excluding hydrogens is 250 g/mol. The van der Waals surface area contributed by atoms with E-state index in [2.05, 4.69) is 41.2 Å². The third-order valence-corrected chi connectivity index (χ3v) is 3.16. The summed E-state index contributed by atoms with van der Waals surface area (Å²) in [5, 5.41) is 7.84. The number of hydrogen-bond acceptors (Lipinski definition) is 4. The van der Waals surface area contributed by atoms with Crippen LogP contribution in [0.15, 0.2) is 12.3 Å². The molecule has 20 heavy (non-hydrogen) atoms. The second-order valence-electron chi connectivity index (χ2n) is 6.17. The summed E-state index contributed by atoms with van der Waals surface area (Å²) in [7, 11) is 1.89. The van der Waals surface area contributed by atoms with Gasteiger partial charge in [-0.05, 0) is 40.7 Å². The molecule has 0 amide bonds. The third-order valence-electron chi connectivity index (χ3n) is 3.16. The van der Waals surface area contributed by atoms with Gasteiger partial charge >= 0.3 is 0 Å². The summed E-state index contributed by atoms with van der Waals surface area (Å²) < 4.78 is 1.76. The SMILES string of the molecule is Cc1nc(-c2ccn(C)n2)nc(C)c1CNC(C)(C)C. The predicted molar refractivity (Wildman–Crippen MR) is 80.3 cm³/mol. The summed E-state index contributed by atoms with van der Waals surface area (Å²) in [6, 6.07) is 1.93. The Labute approximate surface area is 120 Å². The van der Waals surface area contributed by atoms with E-state index in [1.807, 2.05) is 33.2 Å². The van der Waals surface area contributed by atoms with Crippen molar-refractivity contribution in [3.63, 3.8) is 0 Å². The van der Waals surface area contributed by atoms with Gasteiger partial charge in [-0.1, -0.05) is 0 Å². The zero-order chi connectivity index (χ0) is 14.9. The largest absolute Gasteiger partial charge is 0.308 e. The van der Waals surface area contributed by atoms with Gasteiger partial charge < -0.3 is 5.32 Å². The molecule has 108 valence electrons. The fourth-order valence-corrected chi connectivity index (χ4v) is 2.00. The van der Waals surface area contributed by atoms with Crippen molar-refractivity contribution in [2.45, 2.75) is 46.7 Å². The number of aryl methyl sites for hydroxylation is 3. The molecule has 1 N–H and O–H groups in total. The molecule has 0 saturated carbocycles. The number of nitrogens with one attached hydrogen (secondary N) is 1. The van der Waals surface area contributed by atoms with Crippen LogP contribution in [-0.2, 0) is 13.6 Å². The number of nitrogens with zero attached hydrogens (tertiary/aromatic N) is 4. The molecule has 0 unspecified atom stereocenters. The van der Waals surface area contributed by atoms with Gasteiger partial charge in [-0.3, -0.25) is 4.68 Å². The van der Waals surface area contributed by atoms with E-state index < -0.39 is 0 Å². The molecule has 2 aromatic heterocycles. The van der Waals surface area contributed by atoms with Crippen LogP contribution in [0.4, 0.5) is 0 Å². The highest BCUT2D eigenvalue weighted by Gasteiger charge is 2.14. The lowest BCUT2D eigenvalue weighted by molar-refractivity contribution is 0.422. The molecule has 0 bridgehead atoms. The lowest BCUT2D eigenvalue weighted by Gasteiger charge is -2.21. The van der Waals surface area contributed by atoms with Crippen molar-refractivity contribution in [2.75, 3.05) is 0 Å². The molecular formula is C15H23N5. The normalized spacial score (nSPS) is 11.9. The van der Waals surface area contributed by atoms with E-state index in [0.29, 0.717) is 5.82 Å². The molecule has 2 rings (SSSR count). The first kappa shape index (κ1) is 14.7. The maximum absolute atomic E-state index is 4.59. The van der Waals surface area contributed by atoms with Crippen LogP contribution in [0.25, 0.3) is 11.5 Å². The summed E-state index contributed by atoms with van der Waals surface area (Å²) in [5.41, 5.74) is 4.08. The Morgan fingerprint density at radius 2 is 1.75 bits per heavy atom. The van der Waals surface area contributed by atoms with Crippen LogP contribution in [0.5, 0.6) is 0 Å². The molecule has 0 aliphatic heterocycles. The Morgan fingerprint density at radius 1 is 1.15 bits per heavy atom. The molecule has 5 nitrogen and oxygen atoms in total. The minimum Gasteiger partial charge on any atom is -0.308 e. The second-order valence-corrected chi connectivity index (χ2v) is 6.17. The van der Waals surface area contributed by atoms with Crippen LogP contribution >= 0.6 is 0 Å². The van der Waals surface area contributed by atoms with Crippen molar-refractivity contribution < 1.29 is 0 Å². The Morgan fingerprint density at radius 3 is 2.20 bits per heavy atom. The van der Waals surface area contributed by atoms with Gasteiger partial charge in [0.1, 0.15) is 5.69 Å². The summed E-state index contributed by atoms with van der Waals surface area (Å²) in [6.45, 7) is 11.3. The molecule has 0 saturated heterocycles. The number of aromatic nitrogens is 4. The molecule has 0 aliphatic carbocycles. The van der Waals surface area contributed by atoms with Crippen molar-refractivity contribution >= 4 is 0 Å². The van der Waals surface area contributed by atoms with E-state index in [4.69, 9.17) is 0 Å². The van der Waals surface area contributed by atoms with E-state index in [1.54, 1.807) is 4.68 Å². The van der Waals surface area contributed by atoms with Gasteiger partial charge in [0.15, 0.2) is 5.82 Å². The van der Waals surface area contributed by atoms with Crippen LogP contribution in [0.1, 0.15) is 37.7 Å². The molecule has 2 heterocycles. The first-order valence-electron chi connectivity index (χ1n) is 6.85. The molecule has 0 fully saturated rings. The molecule has 5 heteroatoms. The van der Waals surface area contributed by atoms with Gasteiger partial charge in [0.25, 0.3) is 0 Å². The molecule has 0 spiro atoms. The van der Waals surface area contributed by atoms with Gasteiger partial charge in [-0.15, -0.1) is 0 Å². The smallest absolute Gasteiger partial charge is 0.180 e. The van der Waals surface area contributed by atoms with Gasteiger partial charge in [-0.2, -0.15) is 5.10 Å². The monoisotopic (exact) mass is 273 g/mol. The lowest BCUT2D eigenvalue weighted by Crippen LogP contribution is -2.35. The van der Waals surface area contributed by atoms with Gasteiger partial charge in [0.2, 0.25) is 0 Å². The average molecular weight is 273 g/mol. The maximum Gasteiger partial charge on any atom is 0.180 e. The predicted octanol–water partition coefficient (Wildman–Crippen LogP) is 2.38. The fourth-order valence-electron chi connectivity index (χ4n) is 2.00. The topological polar surface area (TPSA) is 55.6 Å². The first-order chi connectivity index (χ1) is 9.26. The van der Waals surface area contributed by atoms with Crippen LogP contribution in [0, 0.1) is 13.8 Å². The third kappa shape index (κ3) is 3.42. The van der Waals surface area contributed by atoms with Gasteiger partial charge in [0, 0.05) is 42.3 Å². The summed E-state index contributed by atoms with van der Waals surface area (Å²) in [4.78, 5) is 9.18. The average Bonchev–Trinajstić information content (AvgIpc) is 2.73. The lowest BCUT2D eigenvalue weighted by atomic mass is 10.1. The summed E-state index contributed by atoms with van der Waals surface area (Å²) in [6.07, 6.45) is 1.90. The van der Waals surface area contributed by atoms with Gasteiger partial charge in [0.05, 0.1) is 0 Å². The Bertz CT molecular complexity index is 584. The molecule has 0 aliphatic rings. The number of rotatable bonds is 3. The summed E-state index contributed by atoms with van der Waals surface area (Å²) >= 11 is 0. The van der Waals surface area contributed by atoms with Gasteiger partial charge in [-0.25, -0.2) is 9.97 Å². The van der Waals surface area contributed by atoms with E-state index in [0.717, 1.165) is 23.6 Å². The Balaban J connectivity index is 2.29. The minimum atomic E-state index is 0.0819. The molecule has 0 atom stereocenters. The minimum absolute atomic E-state index is 0.0819. The maximum atomic E-state index is 4.59. The van der Waals surface area contributed by atoms with Crippen molar-refractivity contribution in [1.29, 1.82) is 0 Å². The molecule has 0 radical (unpaired) electrons. The van der Waals surface area contributed by atoms with Crippen molar-refractivity contribution in [3.8, 4) is 11.5 Å². The van der Waals surface area contributed by atoms with Crippen LogP contribution < -0.4 is 5.32 Å². The van der Waals surface area contributed by atoms with Crippen LogP contribution in [0.3, 0.4) is 0 Å². The quantitative estimate of drug-likeness (QED) is 0.933. The highest BCUT2D eigenvalue weighted by Crippen LogP contribution is 2.17. The zero-order valence-corrected chi connectivity index (χ0v) is 13.2. The highest BCUT2D eigenvalue weighted by molar-refractivity contribution is 5.49.